The number of carbonyl (C=O) groups excluding carboxylic acids is 2. The predicted molar refractivity (Wildman–Crippen MR) is 188 cm³/mol. The lowest BCUT2D eigenvalue weighted by atomic mass is 9.95. The average Bonchev–Trinajstić information content (AvgIpc) is 4.05. The fourth-order valence-corrected chi connectivity index (χ4v) is 8.30. The normalized spacial score (nSPS) is 22.1. The molecule has 286 valence electrons. The van der Waals surface area contributed by atoms with Gasteiger partial charge in [0.25, 0.3) is 5.56 Å². The van der Waals surface area contributed by atoms with Gasteiger partial charge >= 0.3 is 12.7 Å². The molecule has 0 aromatic carbocycles. The Bertz CT molecular complexity index is 2190. The second-order valence-corrected chi connectivity index (χ2v) is 16.5. The number of amides is 2. The standard InChI is InChI=1S/C37H38BrF5N8O3/c1-35(2,19-51-26(15-28(47-51)37(41,42)43)22-9-11-48(23-5-6-23)30(52)14-22)46-32(53)27(13-20-17-44-50(18-20)34(39)40)49-12-10-36(33(49)54)16-25(36)24-7-8-29(38)45-31(24)21-3-4-21/h7-9,11,14-15,17-18,21,23,25,27,34H,3-6,10,12-13,16,19H2,1-2H3,(H,46,53)/t25?,27-,36?/m1/s1. The van der Waals surface area contributed by atoms with Crippen molar-refractivity contribution < 1.29 is 31.5 Å². The number of nitrogens with one attached hydrogen (secondary N) is 1. The van der Waals surface area contributed by atoms with Crippen LogP contribution in [-0.4, -0.2) is 64.0 Å². The molecule has 3 saturated carbocycles. The molecule has 1 spiro atoms. The van der Waals surface area contributed by atoms with E-state index >= 15 is 0 Å². The topological polar surface area (TPSA) is 120 Å². The minimum absolute atomic E-state index is 0.0464. The third-order valence-electron chi connectivity index (χ3n) is 11.0. The van der Waals surface area contributed by atoms with Gasteiger partial charge in [-0.3, -0.25) is 19.1 Å². The molecule has 1 aliphatic heterocycles. The van der Waals surface area contributed by atoms with E-state index in [1.165, 1.54) is 17.2 Å². The van der Waals surface area contributed by atoms with Crippen LogP contribution in [0.5, 0.6) is 0 Å². The summed E-state index contributed by atoms with van der Waals surface area (Å²) < 4.78 is 72.6. The number of halogens is 6. The number of pyridine rings is 2. The van der Waals surface area contributed by atoms with Crippen molar-refractivity contribution >= 4 is 27.7 Å². The number of alkyl halides is 5. The third-order valence-corrected chi connectivity index (χ3v) is 11.5. The number of hydrogen-bond acceptors (Lipinski definition) is 6. The van der Waals surface area contributed by atoms with Crippen LogP contribution in [-0.2, 0) is 28.7 Å². The Hall–Kier alpha value is -4.41. The van der Waals surface area contributed by atoms with Gasteiger partial charge in [0.1, 0.15) is 10.6 Å². The maximum absolute atomic E-state index is 14.4. The van der Waals surface area contributed by atoms with Crippen LogP contribution in [0.2, 0.25) is 0 Å². The van der Waals surface area contributed by atoms with Crippen molar-refractivity contribution in [2.45, 2.75) is 108 Å². The fourth-order valence-electron chi connectivity index (χ4n) is 7.98. The van der Waals surface area contributed by atoms with Gasteiger partial charge in [-0.1, -0.05) is 6.07 Å². The van der Waals surface area contributed by atoms with Crippen molar-refractivity contribution in [3.05, 3.63) is 86.4 Å². The number of hydrogen-bond donors (Lipinski definition) is 1. The summed E-state index contributed by atoms with van der Waals surface area (Å²) in [5.74, 6) is -0.532. The molecular formula is C37H38BrF5N8O3. The van der Waals surface area contributed by atoms with Gasteiger partial charge in [0, 0.05) is 60.6 Å². The molecule has 2 amide bonds. The highest BCUT2D eigenvalue weighted by Gasteiger charge is 2.66. The van der Waals surface area contributed by atoms with E-state index in [1.54, 1.807) is 30.7 Å². The monoisotopic (exact) mass is 816 g/mol. The molecule has 1 saturated heterocycles. The zero-order valence-corrected chi connectivity index (χ0v) is 31.1. The van der Waals surface area contributed by atoms with Crippen LogP contribution < -0.4 is 10.9 Å². The Balaban J connectivity index is 1.06. The number of nitrogens with zero attached hydrogens (tertiary/aromatic N) is 7. The molecule has 4 aromatic heterocycles. The third kappa shape index (κ3) is 6.99. The molecule has 8 rings (SSSR count). The highest BCUT2D eigenvalue weighted by Crippen LogP contribution is 2.66. The quantitative estimate of drug-likeness (QED) is 0.127. The molecule has 4 fully saturated rings. The zero-order chi connectivity index (χ0) is 38.3. The fraction of sp³-hybridized carbons (Fsp3) is 0.514. The maximum Gasteiger partial charge on any atom is 0.435 e. The van der Waals surface area contributed by atoms with E-state index in [0.717, 1.165) is 58.5 Å². The summed E-state index contributed by atoms with van der Waals surface area (Å²) in [4.78, 5) is 47.8. The van der Waals surface area contributed by atoms with Crippen LogP contribution in [0.15, 0.2) is 58.3 Å². The molecule has 3 aliphatic carbocycles. The molecular weight excluding hydrogens is 779 g/mol. The molecule has 0 bridgehead atoms. The summed E-state index contributed by atoms with van der Waals surface area (Å²) in [6.45, 7) is 0.353. The number of carbonyl (C=O) groups is 2. The predicted octanol–water partition coefficient (Wildman–Crippen LogP) is 6.60. The minimum Gasteiger partial charge on any atom is -0.348 e. The Morgan fingerprint density at radius 3 is 2.50 bits per heavy atom. The van der Waals surface area contributed by atoms with Gasteiger partial charge in [-0.25, -0.2) is 9.67 Å². The summed E-state index contributed by atoms with van der Waals surface area (Å²) in [5.41, 5.74) is -0.818. The molecule has 1 N–H and O–H groups in total. The Labute approximate surface area is 315 Å². The summed E-state index contributed by atoms with van der Waals surface area (Å²) >= 11 is 3.46. The number of rotatable bonds is 12. The van der Waals surface area contributed by atoms with Gasteiger partial charge in [-0.05, 0) is 97.6 Å². The Kier molecular flexibility index (Phi) is 8.88. The smallest absolute Gasteiger partial charge is 0.348 e. The van der Waals surface area contributed by atoms with Gasteiger partial charge in [-0.2, -0.15) is 32.1 Å². The molecule has 2 unspecified atom stereocenters. The Morgan fingerprint density at radius 2 is 1.85 bits per heavy atom. The van der Waals surface area contributed by atoms with Crippen LogP contribution in [0, 0.1) is 5.41 Å². The highest BCUT2D eigenvalue weighted by atomic mass is 79.9. The van der Waals surface area contributed by atoms with Crippen molar-refractivity contribution in [1.82, 2.24) is 39.3 Å². The molecule has 17 heteroatoms. The lowest BCUT2D eigenvalue weighted by molar-refractivity contribution is -0.141. The van der Waals surface area contributed by atoms with Gasteiger partial charge in [0.2, 0.25) is 11.8 Å². The van der Waals surface area contributed by atoms with E-state index in [4.69, 9.17) is 4.98 Å². The maximum atomic E-state index is 14.4. The van der Waals surface area contributed by atoms with E-state index in [-0.39, 0.29) is 54.2 Å². The second-order valence-electron chi connectivity index (χ2n) is 15.7. The molecule has 0 radical (unpaired) electrons. The lowest BCUT2D eigenvalue weighted by Gasteiger charge is -2.33. The van der Waals surface area contributed by atoms with E-state index < -0.39 is 41.3 Å². The molecule has 4 aliphatic rings. The lowest BCUT2D eigenvalue weighted by Crippen LogP contribution is -2.56. The van der Waals surface area contributed by atoms with Crippen LogP contribution in [0.1, 0.15) is 99.3 Å². The summed E-state index contributed by atoms with van der Waals surface area (Å²) in [5, 5.41) is 10.5. The van der Waals surface area contributed by atoms with Crippen LogP contribution in [0.4, 0.5) is 22.0 Å². The first kappa shape index (κ1) is 36.6. The molecule has 11 nitrogen and oxygen atoms in total. The number of likely N-dealkylation sites (tertiary alicyclic amines) is 1. The van der Waals surface area contributed by atoms with Gasteiger partial charge in [0.05, 0.1) is 29.4 Å². The van der Waals surface area contributed by atoms with Gasteiger partial charge < -0.3 is 14.8 Å². The van der Waals surface area contributed by atoms with E-state index in [1.807, 2.05) is 12.1 Å². The van der Waals surface area contributed by atoms with Gasteiger partial charge in [0.15, 0.2) is 5.69 Å². The first-order valence-corrected chi connectivity index (χ1v) is 18.8. The van der Waals surface area contributed by atoms with Crippen LogP contribution in [0.3, 0.4) is 0 Å². The summed E-state index contributed by atoms with van der Waals surface area (Å²) in [7, 11) is 0. The largest absolute Gasteiger partial charge is 0.435 e. The average molecular weight is 818 g/mol. The van der Waals surface area contributed by atoms with E-state index in [9.17, 15) is 36.3 Å². The van der Waals surface area contributed by atoms with Crippen LogP contribution >= 0.6 is 15.9 Å². The second kappa shape index (κ2) is 13.1. The Morgan fingerprint density at radius 1 is 1.09 bits per heavy atom. The van der Waals surface area contributed by atoms with Gasteiger partial charge in [-0.15, -0.1) is 0 Å². The zero-order valence-electron chi connectivity index (χ0n) is 29.5. The van der Waals surface area contributed by atoms with Crippen molar-refractivity contribution in [2.24, 2.45) is 5.41 Å². The number of aromatic nitrogens is 6. The summed E-state index contributed by atoms with van der Waals surface area (Å²) in [6.07, 6.45) is 3.91. The first-order valence-electron chi connectivity index (χ1n) is 18.0. The van der Waals surface area contributed by atoms with E-state index in [2.05, 4.69) is 31.4 Å². The SMILES string of the molecule is CC(C)(Cn1nc(C(F)(F)F)cc1-c1ccn(C2CC2)c(=O)c1)NC(=O)[C@@H](Cc1cnn(C(F)F)c1)N1CCC2(CC2c2ccc(Br)nc2C2CC2)C1=O. The van der Waals surface area contributed by atoms with Crippen LogP contribution in [0.25, 0.3) is 11.3 Å². The minimum atomic E-state index is -4.78. The van der Waals surface area contributed by atoms with E-state index in [0.29, 0.717) is 29.0 Å². The summed E-state index contributed by atoms with van der Waals surface area (Å²) in [6, 6.07) is 6.57. The molecule has 4 aromatic rings. The van der Waals surface area contributed by atoms with Crippen molar-refractivity contribution in [3.63, 3.8) is 0 Å². The molecule has 5 heterocycles. The van der Waals surface area contributed by atoms with Crippen molar-refractivity contribution in [2.75, 3.05) is 6.54 Å². The van der Waals surface area contributed by atoms with Crippen molar-refractivity contribution in [3.8, 4) is 11.3 Å². The first-order chi connectivity index (χ1) is 25.5. The molecule has 3 atom stereocenters. The highest BCUT2D eigenvalue weighted by molar-refractivity contribution is 9.10. The molecule has 54 heavy (non-hydrogen) atoms. The van der Waals surface area contributed by atoms with Crippen molar-refractivity contribution in [1.29, 1.82) is 0 Å².